The van der Waals surface area contributed by atoms with Crippen molar-refractivity contribution in [1.82, 2.24) is 9.55 Å². The van der Waals surface area contributed by atoms with Gasteiger partial charge in [0.2, 0.25) is 5.91 Å². The molecule has 0 atom stereocenters. The highest BCUT2D eigenvalue weighted by atomic mass is 16.5. The topological polar surface area (TPSA) is 104 Å². The number of para-hydroxylation sites is 1. The molecule has 0 saturated heterocycles. The third kappa shape index (κ3) is 3.14. The van der Waals surface area contributed by atoms with E-state index in [-0.39, 0.29) is 17.9 Å². The lowest BCUT2D eigenvalue weighted by molar-refractivity contribution is -0.135. The highest BCUT2D eigenvalue weighted by molar-refractivity contribution is 5.92. The summed E-state index contributed by atoms with van der Waals surface area (Å²) in [6.07, 6.45) is 1.31. The van der Waals surface area contributed by atoms with Gasteiger partial charge in [-0.1, -0.05) is 12.1 Å². The summed E-state index contributed by atoms with van der Waals surface area (Å²) in [7, 11) is 0. The van der Waals surface area contributed by atoms with Gasteiger partial charge in [-0.2, -0.15) is 0 Å². The smallest absolute Gasteiger partial charge is 0.331 e. The van der Waals surface area contributed by atoms with Crippen LogP contribution in [0.15, 0.2) is 59.7 Å². The molecule has 2 N–H and O–H groups in total. The number of hydrogen-bond acceptors (Lipinski definition) is 5. The zero-order valence-electron chi connectivity index (χ0n) is 12.5. The number of aromatic nitrogens is 2. The lowest BCUT2D eigenvalue weighted by Gasteiger charge is -2.07. The van der Waals surface area contributed by atoms with Gasteiger partial charge >= 0.3 is 5.97 Å². The summed E-state index contributed by atoms with van der Waals surface area (Å²) in [5, 5.41) is 0.429. The second-order valence-electron chi connectivity index (χ2n) is 5.06. The molecule has 0 bridgehead atoms. The zero-order valence-corrected chi connectivity index (χ0v) is 12.5. The minimum absolute atomic E-state index is 0.256. The second kappa shape index (κ2) is 6.33. The van der Waals surface area contributed by atoms with Crippen LogP contribution in [0.3, 0.4) is 0 Å². The Morgan fingerprint density at radius 2 is 1.79 bits per heavy atom. The minimum atomic E-state index is -0.624. The van der Waals surface area contributed by atoms with Crippen LogP contribution in [-0.2, 0) is 11.3 Å². The molecule has 0 aliphatic heterocycles. The molecule has 1 amide bonds. The van der Waals surface area contributed by atoms with E-state index in [1.165, 1.54) is 35.2 Å². The van der Waals surface area contributed by atoms with Gasteiger partial charge in [0.15, 0.2) is 0 Å². The van der Waals surface area contributed by atoms with Crippen LogP contribution < -0.4 is 16.0 Å². The van der Waals surface area contributed by atoms with Crippen LogP contribution in [0.25, 0.3) is 10.9 Å². The number of fused-ring (bicyclic) bond motifs is 1. The van der Waals surface area contributed by atoms with Gasteiger partial charge in [0, 0.05) is 5.56 Å². The first-order valence-corrected chi connectivity index (χ1v) is 7.09. The van der Waals surface area contributed by atoms with E-state index in [2.05, 4.69) is 4.98 Å². The molecule has 7 heteroatoms. The Labute approximate surface area is 136 Å². The zero-order chi connectivity index (χ0) is 17.1. The number of benzene rings is 2. The third-order valence-corrected chi connectivity index (χ3v) is 3.40. The number of ether oxygens (including phenoxy) is 1. The summed E-state index contributed by atoms with van der Waals surface area (Å²) in [5.74, 6) is -0.936. The monoisotopic (exact) mass is 323 g/mol. The van der Waals surface area contributed by atoms with Gasteiger partial charge in [0.25, 0.3) is 5.56 Å². The van der Waals surface area contributed by atoms with Crippen LogP contribution in [0.1, 0.15) is 10.4 Å². The maximum atomic E-state index is 12.3. The van der Waals surface area contributed by atoms with Gasteiger partial charge in [-0.05, 0) is 36.4 Å². The third-order valence-electron chi connectivity index (χ3n) is 3.40. The van der Waals surface area contributed by atoms with E-state index in [1.807, 2.05) is 0 Å². The number of nitrogens with two attached hydrogens (primary N) is 1. The van der Waals surface area contributed by atoms with Crippen molar-refractivity contribution in [2.45, 2.75) is 6.54 Å². The van der Waals surface area contributed by atoms with Crippen molar-refractivity contribution in [1.29, 1.82) is 0 Å². The summed E-state index contributed by atoms with van der Waals surface area (Å²) in [6, 6.07) is 12.7. The number of carbonyl (C=O) groups excluding carboxylic acids is 2. The Morgan fingerprint density at radius 3 is 2.50 bits per heavy atom. The first-order chi connectivity index (χ1) is 11.5. The van der Waals surface area contributed by atoms with Crippen LogP contribution in [0.2, 0.25) is 0 Å². The normalized spacial score (nSPS) is 10.5. The summed E-state index contributed by atoms with van der Waals surface area (Å²) >= 11 is 0. The largest absolute Gasteiger partial charge is 0.425 e. The van der Waals surface area contributed by atoms with Gasteiger partial charge in [-0.15, -0.1) is 0 Å². The number of nitrogens with zero attached hydrogens (tertiary/aromatic N) is 2. The Bertz CT molecular complexity index is 977. The molecule has 3 rings (SSSR count). The van der Waals surface area contributed by atoms with E-state index in [1.54, 1.807) is 24.3 Å². The number of carbonyl (C=O) groups is 2. The summed E-state index contributed by atoms with van der Waals surface area (Å²) in [5.41, 5.74) is 5.69. The molecule has 1 heterocycles. The quantitative estimate of drug-likeness (QED) is 0.572. The molecule has 0 spiro atoms. The first kappa shape index (κ1) is 15.4. The summed E-state index contributed by atoms with van der Waals surface area (Å²) in [6.45, 7) is -0.270. The van der Waals surface area contributed by atoms with Crippen molar-refractivity contribution in [2.24, 2.45) is 5.73 Å². The van der Waals surface area contributed by atoms with Crippen LogP contribution in [0, 0.1) is 0 Å². The van der Waals surface area contributed by atoms with Crippen LogP contribution >= 0.6 is 0 Å². The second-order valence-corrected chi connectivity index (χ2v) is 5.06. The van der Waals surface area contributed by atoms with Gasteiger partial charge in [0.05, 0.1) is 17.2 Å². The molecule has 120 valence electrons. The Hall–Kier alpha value is -3.48. The molecule has 0 fully saturated rings. The molecule has 1 aromatic heterocycles. The van der Waals surface area contributed by atoms with E-state index in [9.17, 15) is 14.4 Å². The number of rotatable bonds is 4. The van der Waals surface area contributed by atoms with Crippen molar-refractivity contribution < 1.29 is 14.3 Å². The minimum Gasteiger partial charge on any atom is -0.425 e. The molecular weight excluding hydrogens is 310 g/mol. The molecule has 24 heavy (non-hydrogen) atoms. The Kier molecular flexibility index (Phi) is 4.07. The van der Waals surface area contributed by atoms with Gasteiger partial charge < -0.3 is 10.5 Å². The fraction of sp³-hybridized carbons (Fsp3) is 0.0588. The maximum Gasteiger partial charge on any atom is 0.331 e. The van der Waals surface area contributed by atoms with Crippen molar-refractivity contribution >= 4 is 22.8 Å². The molecule has 3 aromatic rings. The van der Waals surface area contributed by atoms with Gasteiger partial charge in [0.1, 0.15) is 12.3 Å². The van der Waals surface area contributed by atoms with Crippen molar-refractivity contribution in [2.75, 3.05) is 0 Å². The summed E-state index contributed by atoms with van der Waals surface area (Å²) in [4.78, 5) is 39.4. The van der Waals surface area contributed by atoms with E-state index < -0.39 is 11.9 Å². The van der Waals surface area contributed by atoms with E-state index in [0.717, 1.165) is 0 Å². The average molecular weight is 323 g/mol. The van der Waals surface area contributed by atoms with E-state index >= 15 is 0 Å². The molecule has 7 nitrogen and oxygen atoms in total. The fourth-order valence-corrected chi connectivity index (χ4v) is 2.21. The molecule has 0 saturated carbocycles. The van der Waals surface area contributed by atoms with Crippen LogP contribution in [0.5, 0.6) is 5.75 Å². The molecule has 2 aromatic carbocycles. The average Bonchev–Trinajstić information content (AvgIpc) is 2.58. The maximum absolute atomic E-state index is 12.3. The van der Waals surface area contributed by atoms with Crippen molar-refractivity contribution in [3.8, 4) is 5.75 Å². The fourth-order valence-electron chi connectivity index (χ4n) is 2.21. The van der Waals surface area contributed by atoms with Gasteiger partial charge in [-0.25, -0.2) is 9.78 Å². The van der Waals surface area contributed by atoms with Crippen molar-refractivity contribution in [3.05, 3.63) is 70.8 Å². The molecular formula is C17H13N3O4. The molecule has 0 aliphatic rings. The number of esters is 1. The van der Waals surface area contributed by atoms with Crippen LogP contribution in [-0.4, -0.2) is 21.4 Å². The molecule has 0 aliphatic carbocycles. The molecule has 0 radical (unpaired) electrons. The lowest BCUT2D eigenvalue weighted by atomic mass is 10.2. The SMILES string of the molecule is NC(=O)c1ccc(OC(=O)Cn2cnc3ccccc3c2=O)cc1. The highest BCUT2D eigenvalue weighted by Crippen LogP contribution is 2.12. The number of hydrogen-bond donors (Lipinski definition) is 1. The highest BCUT2D eigenvalue weighted by Gasteiger charge is 2.10. The molecule has 0 unspecified atom stereocenters. The predicted octanol–water partition coefficient (Wildman–Crippen LogP) is 1.10. The number of primary amides is 1. The Morgan fingerprint density at radius 1 is 1.08 bits per heavy atom. The van der Waals surface area contributed by atoms with E-state index in [4.69, 9.17) is 10.5 Å². The van der Waals surface area contributed by atoms with E-state index in [0.29, 0.717) is 16.5 Å². The predicted molar refractivity (Wildman–Crippen MR) is 86.6 cm³/mol. The van der Waals surface area contributed by atoms with Crippen LogP contribution in [0.4, 0.5) is 0 Å². The number of amides is 1. The van der Waals surface area contributed by atoms with Crippen molar-refractivity contribution in [3.63, 3.8) is 0 Å². The Balaban J connectivity index is 1.76. The summed E-state index contributed by atoms with van der Waals surface area (Å²) < 4.78 is 6.32. The first-order valence-electron chi connectivity index (χ1n) is 7.09. The standard InChI is InChI=1S/C17H13N3O4/c18-16(22)11-5-7-12(8-6-11)24-15(21)9-20-10-19-14-4-2-1-3-13(14)17(20)23/h1-8,10H,9H2,(H2,18,22). The van der Waals surface area contributed by atoms with Gasteiger partial charge in [-0.3, -0.25) is 14.2 Å². The lowest BCUT2D eigenvalue weighted by Crippen LogP contribution is -2.26.